The van der Waals surface area contributed by atoms with Gasteiger partial charge in [-0.05, 0) is 11.5 Å². The standard InChI is InChI=1S/C15H17F2N3/c1-9(2)10-6-5-7-11-13-12(8-19(3)18-13)15(16,17)20(4)14(10)11/h5-9H,1-4H3. The van der Waals surface area contributed by atoms with Crippen molar-refractivity contribution >= 4 is 5.69 Å². The van der Waals surface area contributed by atoms with Crippen LogP contribution in [0.5, 0.6) is 0 Å². The molecule has 2 aromatic rings. The third kappa shape index (κ3) is 1.58. The van der Waals surface area contributed by atoms with E-state index >= 15 is 0 Å². The average Bonchev–Trinajstić information content (AvgIpc) is 2.78. The third-order valence-electron chi connectivity index (χ3n) is 3.85. The Balaban J connectivity index is 2.37. The maximum atomic E-state index is 14.6. The molecule has 0 radical (unpaired) electrons. The van der Waals surface area contributed by atoms with Crippen molar-refractivity contribution < 1.29 is 8.78 Å². The van der Waals surface area contributed by atoms with Crippen LogP contribution >= 0.6 is 0 Å². The summed E-state index contributed by atoms with van der Waals surface area (Å²) >= 11 is 0. The van der Waals surface area contributed by atoms with Crippen LogP contribution in [0.3, 0.4) is 0 Å². The molecule has 0 unspecified atom stereocenters. The van der Waals surface area contributed by atoms with Crippen molar-refractivity contribution in [2.75, 3.05) is 11.9 Å². The minimum Gasteiger partial charge on any atom is -0.311 e. The zero-order valence-corrected chi connectivity index (χ0v) is 12.0. The summed E-state index contributed by atoms with van der Waals surface area (Å²) in [4.78, 5) is 1.07. The second-order valence-corrected chi connectivity index (χ2v) is 5.56. The van der Waals surface area contributed by atoms with Gasteiger partial charge >= 0.3 is 6.05 Å². The fourth-order valence-electron chi connectivity index (χ4n) is 2.82. The van der Waals surface area contributed by atoms with Crippen molar-refractivity contribution in [2.45, 2.75) is 25.8 Å². The van der Waals surface area contributed by atoms with Crippen LogP contribution in [0.15, 0.2) is 24.4 Å². The Kier molecular flexibility index (Phi) is 2.64. The first kappa shape index (κ1) is 13.1. The van der Waals surface area contributed by atoms with E-state index in [2.05, 4.69) is 5.10 Å². The van der Waals surface area contributed by atoms with E-state index < -0.39 is 6.05 Å². The molecule has 3 nitrogen and oxygen atoms in total. The van der Waals surface area contributed by atoms with Gasteiger partial charge in [-0.15, -0.1) is 0 Å². The summed E-state index contributed by atoms with van der Waals surface area (Å²) in [6.07, 6.45) is 1.40. The van der Waals surface area contributed by atoms with E-state index in [1.165, 1.54) is 17.9 Å². The summed E-state index contributed by atoms with van der Waals surface area (Å²) in [7, 11) is 3.11. The van der Waals surface area contributed by atoms with Gasteiger partial charge in [-0.2, -0.15) is 13.9 Å². The molecule has 0 saturated heterocycles. The van der Waals surface area contributed by atoms with Crippen molar-refractivity contribution in [2.24, 2.45) is 7.05 Å². The van der Waals surface area contributed by atoms with Crippen molar-refractivity contribution in [3.05, 3.63) is 35.5 Å². The van der Waals surface area contributed by atoms with E-state index in [-0.39, 0.29) is 11.5 Å². The number of hydrogen-bond donors (Lipinski definition) is 0. The van der Waals surface area contributed by atoms with Gasteiger partial charge in [-0.1, -0.05) is 32.0 Å². The molecule has 0 atom stereocenters. The first-order chi connectivity index (χ1) is 9.34. The molecule has 106 valence electrons. The summed E-state index contributed by atoms with van der Waals surface area (Å²) in [5.41, 5.74) is 2.63. The van der Waals surface area contributed by atoms with Crippen molar-refractivity contribution in [3.8, 4) is 11.3 Å². The van der Waals surface area contributed by atoms with E-state index in [9.17, 15) is 8.78 Å². The van der Waals surface area contributed by atoms with Crippen molar-refractivity contribution in [1.82, 2.24) is 9.78 Å². The lowest BCUT2D eigenvalue weighted by Crippen LogP contribution is -2.39. The molecule has 20 heavy (non-hydrogen) atoms. The number of hydrogen-bond acceptors (Lipinski definition) is 2. The molecular formula is C15H17F2N3. The number of aromatic nitrogens is 2. The Morgan fingerprint density at radius 1 is 1.20 bits per heavy atom. The molecule has 0 saturated carbocycles. The van der Waals surface area contributed by atoms with Crippen LogP contribution in [0.2, 0.25) is 0 Å². The molecular weight excluding hydrogens is 260 g/mol. The molecule has 0 aliphatic carbocycles. The predicted octanol–water partition coefficient (Wildman–Crippen LogP) is 3.71. The van der Waals surface area contributed by atoms with E-state index in [0.717, 1.165) is 16.0 Å². The number of benzene rings is 1. The highest BCUT2D eigenvalue weighted by Gasteiger charge is 2.46. The number of alkyl halides is 2. The number of halogens is 2. The Hall–Kier alpha value is -1.91. The summed E-state index contributed by atoms with van der Waals surface area (Å²) in [5.74, 6) is 0.175. The zero-order valence-electron chi connectivity index (χ0n) is 12.0. The summed E-state index contributed by atoms with van der Waals surface area (Å²) in [6.45, 7) is 4.02. The maximum absolute atomic E-state index is 14.6. The van der Waals surface area contributed by atoms with Crippen molar-refractivity contribution in [1.29, 1.82) is 0 Å². The highest BCUT2D eigenvalue weighted by Crippen LogP contribution is 2.50. The van der Waals surface area contributed by atoms with Gasteiger partial charge < -0.3 is 4.90 Å². The minimum atomic E-state index is -3.04. The first-order valence-corrected chi connectivity index (χ1v) is 6.63. The van der Waals surface area contributed by atoms with Crippen molar-refractivity contribution in [3.63, 3.8) is 0 Å². The number of fused-ring (bicyclic) bond motifs is 3. The second-order valence-electron chi connectivity index (χ2n) is 5.56. The van der Waals surface area contributed by atoms with Crippen LogP contribution in [0.4, 0.5) is 14.5 Å². The Morgan fingerprint density at radius 3 is 2.55 bits per heavy atom. The molecule has 0 bridgehead atoms. The normalized spacial score (nSPS) is 16.2. The fraction of sp³-hybridized carbons (Fsp3) is 0.400. The number of anilines is 1. The van der Waals surface area contributed by atoms with Gasteiger partial charge in [0.2, 0.25) is 0 Å². The van der Waals surface area contributed by atoms with Gasteiger partial charge in [0, 0.05) is 25.9 Å². The van der Waals surface area contributed by atoms with Crippen LogP contribution in [0, 0.1) is 0 Å². The van der Waals surface area contributed by atoms with Gasteiger partial charge in [0.1, 0.15) is 5.69 Å². The lowest BCUT2D eigenvalue weighted by atomic mass is 9.91. The summed E-state index contributed by atoms with van der Waals surface area (Å²) < 4.78 is 30.6. The fourth-order valence-corrected chi connectivity index (χ4v) is 2.82. The monoisotopic (exact) mass is 277 g/mol. The number of nitrogens with zero attached hydrogens (tertiary/aromatic N) is 3. The minimum absolute atomic E-state index is 0.0316. The molecule has 1 aromatic carbocycles. The average molecular weight is 277 g/mol. The molecule has 0 N–H and O–H groups in total. The molecule has 1 aliphatic heterocycles. The SMILES string of the molecule is CC(C)c1cccc2c1N(C)C(F)(F)c1cn(C)nc1-2. The molecule has 0 spiro atoms. The lowest BCUT2D eigenvalue weighted by Gasteiger charge is -2.36. The summed E-state index contributed by atoms with van der Waals surface area (Å²) in [6, 6.07) is 2.63. The van der Waals surface area contributed by atoms with Gasteiger partial charge in [0.05, 0.1) is 11.3 Å². The number of aryl methyl sites for hydroxylation is 1. The largest absolute Gasteiger partial charge is 0.356 e. The van der Waals surface area contributed by atoms with E-state index in [1.807, 2.05) is 32.0 Å². The molecule has 1 aliphatic rings. The molecule has 5 heteroatoms. The van der Waals surface area contributed by atoms with E-state index in [4.69, 9.17) is 0 Å². The Bertz CT molecular complexity index is 674. The van der Waals surface area contributed by atoms with Gasteiger partial charge in [-0.25, -0.2) is 0 Å². The molecule has 3 rings (SSSR count). The van der Waals surface area contributed by atoms with Crippen LogP contribution in [-0.4, -0.2) is 16.8 Å². The topological polar surface area (TPSA) is 21.1 Å². The van der Waals surface area contributed by atoms with Crippen LogP contribution in [-0.2, 0) is 13.1 Å². The van der Waals surface area contributed by atoms with Gasteiger partial charge in [-0.3, -0.25) is 4.68 Å². The Morgan fingerprint density at radius 2 is 1.90 bits per heavy atom. The smallest absolute Gasteiger partial charge is 0.311 e. The molecule has 0 fully saturated rings. The Labute approximate surface area is 116 Å². The first-order valence-electron chi connectivity index (χ1n) is 6.63. The molecule has 2 heterocycles. The third-order valence-corrected chi connectivity index (χ3v) is 3.85. The number of rotatable bonds is 1. The van der Waals surface area contributed by atoms with E-state index in [0.29, 0.717) is 11.4 Å². The molecule has 0 amide bonds. The van der Waals surface area contributed by atoms with Crippen LogP contribution in [0.25, 0.3) is 11.3 Å². The quantitative estimate of drug-likeness (QED) is 0.741. The second kappa shape index (κ2) is 4.04. The predicted molar refractivity (Wildman–Crippen MR) is 75.0 cm³/mol. The van der Waals surface area contributed by atoms with Crippen LogP contribution < -0.4 is 4.90 Å². The number of para-hydroxylation sites is 1. The lowest BCUT2D eigenvalue weighted by molar-refractivity contribution is -0.00364. The van der Waals surface area contributed by atoms with Gasteiger partial charge in [0.15, 0.2) is 0 Å². The highest BCUT2D eigenvalue weighted by atomic mass is 19.3. The van der Waals surface area contributed by atoms with E-state index in [1.54, 1.807) is 7.05 Å². The summed E-state index contributed by atoms with van der Waals surface area (Å²) in [5, 5.41) is 4.23. The zero-order chi connectivity index (χ0) is 14.7. The maximum Gasteiger partial charge on any atom is 0.356 e. The highest BCUT2D eigenvalue weighted by molar-refractivity contribution is 5.85. The van der Waals surface area contributed by atoms with Gasteiger partial charge in [0.25, 0.3) is 0 Å². The van der Waals surface area contributed by atoms with Crippen LogP contribution in [0.1, 0.15) is 30.9 Å². The molecule has 1 aromatic heterocycles.